The van der Waals surface area contributed by atoms with Gasteiger partial charge in [-0.3, -0.25) is 4.79 Å². The van der Waals surface area contributed by atoms with E-state index in [-0.39, 0.29) is 11.8 Å². The molecule has 11 heavy (non-hydrogen) atoms. The van der Waals surface area contributed by atoms with Gasteiger partial charge in [-0.15, -0.1) is 22.9 Å². The molecule has 0 radical (unpaired) electrons. The minimum absolute atomic E-state index is 0.0444. The summed E-state index contributed by atoms with van der Waals surface area (Å²) in [6.07, 6.45) is 0. The molecular weight excluding hydrogens is 251 g/mol. The van der Waals surface area contributed by atoms with Crippen LogP contribution in [0.4, 0.5) is 5.13 Å². The van der Waals surface area contributed by atoms with Gasteiger partial charge < -0.3 is 5.32 Å². The van der Waals surface area contributed by atoms with Crippen LogP contribution in [0, 0.1) is 0 Å². The van der Waals surface area contributed by atoms with Crippen molar-refractivity contribution in [3.05, 3.63) is 9.98 Å². The zero-order valence-electron chi connectivity index (χ0n) is 5.30. The number of hydrogen-bond donors (Lipinski definition) is 1. The number of rotatable bonds is 2. The molecule has 1 N–H and O–H groups in total. The van der Waals surface area contributed by atoms with E-state index < -0.39 is 0 Å². The average molecular weight is 256 g/mol. The van der Waals surface area contributed by atoms with Gasteiger partial charge in [0.25, 0.3) is 0 Å². The van der Waals surface area contributed by atoms with E-state index in [0.717, 1.165) is 0 Å². The van der Waals surface area contributed by atoms with Gasteiger partial charge in [-0.2, -0.15) is 0 Å². The summed E-state index contributed by atoms with van der Waals surface area (Å²) in [6, 6.07) is 0. The number of nitrogens with one attached hydrogen (secondary N) is 1. The van der Waals surface area contributed by atoms with Crippen molar-refractivity contribution >= 4 is 49.9 Å². The van der Waals surface area contributed by atoms with E-state index in [2.05, 4.69) is 26.2 Å². The Labute approximate surface area is 80.9 Å². The molecule has 3 nitrogen and oxygen atoms in total. The minimum Gasteiger partial charge on any atom is -0.301 e. The van der Waals surface area contributed by atoms with E-state index in [1.54, 1.807) is 5.38 Å². The number of carbonyl (C=O) groups is 1. The maximum Gasteiger partial charge on any atom is 0.241 e. The van der Waals surface area contributed by atoms with Crippen molar-refractivity contribution in [2.75, 3.05) is 11.2 Å². The maximum absolute atomic E-state index is 10.7. The Morgan fingerprint density at radius 1 is 1.91 bits per heavy atom. The topological polar surface area (TPSA) is 42.0 Å². The van der Waals surface area contributed by atoms with Gasteiger partial charge >= 0.3 is 0 Å². The standard InChI is InChI=1S/C5H4BrClN2OS/c6-3-2-11-5(8-3)9-4(10)1-7/h2H,1H2,(H,8,9,10). The fourth-order valence-corrected chi connectivity index (χ4v) is 1.69. The van der Waals surface area contributed by atoms with Gasteiger partial charge in [-0.05, 0) is 15.9 Å². The van der Waals surface area contributed by atoms with Crippen LogP contribution in [0.25, 0.3) is 0 Å². The summed E-state index contributed by atoms with van der Waals surface area (Å²) in [5.74, 6) is -0.287. The molecule has 60 valence electrons. The molecule has 0 fully saturated rings. The number of nitrogens with zero attached hydrogens (tertiary/aromatic N) is 1. The quantitative estimate of drug-likeness (QED) is 0.822. The lowest BCUT2D eigenvalue weighted by Crippen LogP contribution is -2.11. The van der Waals surface area contributed by atoms with Crippen LogP contribution in [0.15, 0.2) is 9.98 Å². The molecule has 6 heteroatoms. The molecule has 0 saturated heterocycles. The van der Waals surface area contributed by atoms with Crippen LogP contribution in [-0.2, 0) is 4.79 Å². The Kier molecular flexibility index (Phi) is 3.29. The predicted molar refractivity (Wildman–Crippen MR) is 49.2 cm³/mol. The second-order valence-corrected chi connectivity index (χ2v) is 3.60. The van der Waals surface area contributed by atoms with E-state index >= 15 is 0 Å². The lowest BCUT2D eigenvalue weighted by molar-refractivity contribution is -0.113. The first-order chi connectivity index (χ1) is 5.22. The molecule has 0 aliphatic carbocycles. The zero-order chi connectivity index (χ0) is 8.27. The van der Waals surface area contributed by atoms with Crippen molar-refractivity contribution in [3.8, 4) is 0 Å². The molecule has 0 spiro atoms. The molecule has 0 unspecified atom stereocenters. The van der Waals surface area contributed by atoms with Crippen LogP contribution < -0.4 is 5.32 Å². The predicted octanol–water partition coefficient (Wildman–Crippen LogP) is 2.08. The molecule has 1 heterocycles. The van der Waals surface area contributed by atoms with Crippen LogP contribution >= 0.6 is 38.9 Å². The van der Waals surface area contributed by atoms with Crippen molar-refractivity contribution < 1.29 is 4.79 Å². The summed E-state index contributed by atoms with van der Waals surface area (Å²) in [7, 11) is 0. The normalized spacial score (nSPS) is 9.64. The molecule has 0 saturated carbocycles. The lowest BCUT2D eigenvalue weighted by atomic mass is 10.7. The Morgan fingerprint density at radius 3 is 3.09 bits per heavy atom. The minimum atomic E-state index is -0.242. The first kappa shape index (κ1) is 8.96. The van der Waals surface area contributed by atoms with Crippen molar-refractivity contribution in [2.45, 2.75) is 0 Å². The van der Waals surface area contributed by atoms with Gasteiger partial charge in [0, 0.05) is 5.38 Å². The first-order valence-electron chi connectivity index (χ1n) is 2.69. The molecule has 1 aromatic rings. The van der Waals surface area contributed by atoms with Crippen LogP contribution in [0.3, 0.4) is 0 Å². The second-order valence-electron chi connectivity index (χ2n) is 1.66. The number of anilines is 1. The highest BCUT2D eigenvalue weighted by molar-refractivity contribution is 9.10. The number of halogens is 2. The molecule has 1 aromatic heterocycles. The van der Waals surface area contributed by atoms with E-state index in [4.69, 9.17) is 11.6 Å². The van der Waals surface area contributed by atoms with E-state index in [0.29, 0.717) is 9.73 Å². The maximum atomic E-state index is 10.7. The first-order valence-corrected chi connectivity index (χ1v) is 4.90. The number of hydrogen-bond acceptors (Lipinski definition) is 3. The molecular formula is C5H4BrClN2OS. The Balaban J connectivity index is 2.57. The summed E-state index contributed by atoms with van der Waals surface area (Å²) in [5, 5.41) is 4.86. The number of alkyl halides is 1. The summed E-state index contributed by atoms with van der Waals surface area (Å²) in [6.45, 7) is 0. The number of thiazole rings is 1. The van der Waals surface area contributed by atoms with Crippen LogP contribution in [0.5, 0.6) is 0 Å². The third-order valence-corrected chi connectivity index (χ3v) is 2.55. The van der Waals surface area contributed by atoms with Gasteiger partial charge in [0.2, 0.25) is 5.91 Å². The molecule has 0 aliphatic rings. The monoisotopic (exact) mass is 254 g/mol. The SMILES string of the molecule is O=C(CCl)Nc1nc(Br)cs1. The van der Waals surface area contributed by atoms with Crippen molar-refractivity contribution in [2.24, 2.45) is 0 Å². The Morgan fingerprint density at radius 2 is 2.64 bits per heavy atom. The fourth-order valence-electron chi connectivity index (χ4n) is 0.464. The van der Waals surface area contributed by atoms with E-state index in [1.807, 2.05) is 0 Å². The molecule has 0 aliphatic heterocycles. The number of aromatic nitrogens is 1. The van der Waals surface area contributed by atoms with Crippen LogP contribution in [0.1, 0.15) is 0 Å². The highest BCUT2D eigenvalue weighted by atomic mass is 79.9. The van der Waals surface area contributed by atoms with E-state index in [9.17, 15) is 4.79 Å². The van der Waals surface area contributed by atoms with Crippen LogP contribution in [0.2, 0.25) is 0 Å². The van der Waals surface area contributed by atoms with Crippen molar-refractivity contribution in [1.29, 1.82) is 0 Å². The van der Waals surface area contributed by atoms with Gasteiger partial charge in [0.05, 0.1) is 0 Å². The highest BCUT2D eigenvalue weighted by Crippen LogP contribution is 2.18. The van der Waals surface area contributed by atoms with Crippen molar-refractivity contribution in [3.63, 3.8) is 0 Å². The highest BCUT2D eigenvalue weighted by Gasteiger charge is 2.02. The summed E-state index contributed by atoms with van der Waals surface area (Å²) in [4.78, 5) is 14.6. The van der Waals surface area contributed by atoms with Gasteiger partial charge in [-0.25, -0.2) is 4.98 Å². The molecule has 0 aromatic carbocycles. The molecule has 1 amide bonds. The number of carbonyl (C=O) groups excluding carboxylic acids is 1. The Bertz CT molecular complexity index is 265. The van der Waals surface area contributed by atoms with Gasteiger partial charge in [0.15, 0.2) is 5.13 Å². The summed E-state index contributed by atoms with van der Waals surface area (Å²) in [5.41, 5.74) is 0. The molecule has 0 bridgehead atoms. The van der Waals surface area contributed by atoms with Gasteiger partial charge in [-0.1, -0.05) is 0 Å². The largest absolute Gasteiger partial charge is 0.301 e. The van der Waals surface area contributed by atoms with Gasteiger partial charge in [0.1, 0.15) is 10.5 Å². The van der Waals surface area contributed by atoms with E-state index in [1.165, 1.54) is 11.3 Å². The summed E-state index contributed by atoms with van der Waals surface area (Å²) < 4.78 is 0.715. The lowest BCUT2D eigenvalue weighted by Gasteiger charge is -1.94. The zero-order valence-corrected chi connectivity index (χ0v) is 8.46. The van der Waals surface area contributed by atoms with Crippen LogP contribution in [-0.4, -0.2) is 16.8 Å². The smallest absolute Gasteiger partial charge is 0.241 e. The third-order valence-electron chi connectivity index (χ3n) is 0.844. The third kappa shape index (κ3) is 2.76. The Hall–Kier alpha value is -0.130. The average Bonchev–Trinajstić information content (AvgIpc) is 2.35. The van der Waals surface area contributed by atoms with Crippen molar-refractivity contribution in [1.82, 2.24) is 4.98 Å². The summed E-state index contributed by atoms with van der Waals surface area (Å²) >= 11 is 9.77. The number of amides is 1. The fraction of sp³-hybridized carbons (Fsp3) is 0.200. The molecule has 0 atom stereocenters. The second kappa shape index (κ2) is 4.04. The molecule has 1 rings (SSSR count).